The van der Waals surface area contributed by atoms with Gasteiger partial charge in [0, 0.05) is 26.2 Å². The Morgan fingerprint density at radius 1 is 1.21 bits per heavy atom. The van der Waals surface area contributed by atoms with E-state index < -0.39 is 0 Å². The van der Waals surface area contributed by atoms with Gasteiger partial charge in [-0.05, 0) is 6.92 Å². The lowest BCUT2D eigenvalue weighted by Gasteiger charge is -2.35. The second-order valence-electron chi connectivity index (χ2n) is 4.72. The van der Waals surface area contributed by atoms with Crippen molar-refractivity contribution >= 4 is 12.1 Å². The SMILES string of the molecule is CCOC(=O)CN1CCN(CN2CCOC2=O)CC1. The molecular formula is C12H21N3O4. The van der Waals surface area contributed by atoms with Gasteiger partial charge in [0.25, 0.3) is 0 Å². The Hall–Kier alpha value is -1.34. The second kappa shape index (κ2) is 6.72. The second-order valence-corrected chi connectivity index (χ2v) is 4.72. The molecule has 0 radical (unpaired) electrons. The summed E-state index contributed by atoms with van der Waals surface area (Å²) in [5.41, 5.74) is 0. The fourth-order valence-electron chi connectivity index (χ4n) is 2.27. The smallest absolute Gasteiger partial charge is 0.410 e. The molecule has 1 amide bonds. The number of piperazine rings is 1. The molecule has 0 aromatic rings. The van der Waals surface area contributed by atoms with Crippen LogP contribution < -0.4 is 0 Å². The molecule has 7 nitrogen and oxygen atoms in total. The monoisotopic (exact) mass is 271 g/mol. The van der Waals surface area contributed by atoms with Crippen molar-refractivity contribution in [1.29, 1.82) is 0 Å². The summed E-state index contributed by atoms with van der Waals surface area (Å²) >= 11 is 0. The fraction of sp³-hybridized carbons (Fsp3) is 0.833. The first-order chi connectivity index (χ1) is 9.19. The van der Waals surface area contributed by atoms with Crippen molar-refractivity contribution < 1.29 is 19.1 Å². The number of carbonyl (C=O) groups is 2. The Morgan fingerprint density at radius 2 is 1.89 bits per heavy atom. The third-order valence-corrected chi connectivity index (χ3v) is 3.34. The van der Waals surface area contributed by atoms with Gasteiger partial charge in [-0.2, -0.15) is 0 Å². The van der Waals surface area contributed by atoms with Crippen LogP contribution in [0.25, 0.3) is 0 Å². The minimum Gasteiger partial charge on any atom is -0.465 e. The summed E-state index contributed by atoms with van der Waals surface area (Å²) in [4.78, 5) is 28.7. The normalized spacial score (nSPS) is 21.5. The van der Waals surface area contributed by atoms with E-state index in [4.69, 9.17) is 9.47 Å². The number of ether oxygens (including phenoxy) is 2. The first kappa shape index (κ1) is 14.1. The maximum Gasteiger partial charge on any atom is 0.410 e. The Balaban J connectivity index is 1.67. The van der Waals surface area contributed by atoms with Gasteiger partial charge in [-0.15, -0.1) is 0 Å². The van der Waals surface area contributed by atoms with Gasteiger partial charge in [0.15, 0.2) is 0 Å². The van der Waals surface area contributed by atoms with Gasteiger partial charge in [0.05, 0.1) is 26.4 Å². The lowest BCUT2D eigenvalue weighted by Crippen LogP contribution is -2.51. The van der Waals surface area contributed by atoms with E-state index in [0.717, 1.165) is 26.2 Å². The number of cyclic esters (lactones) is 1. The van der Waals surface area contributed by atoms with Crippen LogP contribution in [-0.2, 0) is 14.3 Å². The number of amides is 1. The van der Waals surface area contributed by atoms with Crippen LogP contribution in [0.15, 0.2) is 0 Å². The Labute approximate surface area is 113 Å². The van der Waals surface area contributed by atoms with Crippen LogP contribution in [0.4, 0.5) is 4.79 Å². The van der Waals surface area contributed by atoms with Crippen LogP contribution in [-0.4, -0.2) is 85.9 Å². The molecule has 0 aliphatic carbocycles. The van der Waals surface area contributed by atoms with Crippen LogP contribution in [0.5, 0.6) is 0 Å². The van der Waals surface area contributed by atoms with Crippen molar-refractivity contribution in [3.63, 3.8) is 0 Å². The molecule has 0 saturated carbocycles. The minimum atomic E-state index is -0.228. The molecule has 2 fully saturated rings. The van der Waals surface area contributed by atoms with Crippen molar-refractivity contribution in [3.05, 3.63) is 0 Å². The first-order valence-corrected chi connectivity index (χ1v) is 6.71. The highest BCUT2D eigenvalue weighted by Gasteiger charge is 2.26. The lowest BCUT2D eigenvalue weighted by atomic mass is 10.3. The molecule has 0 atom stereocenters. The molecule has 0 spiro atoms. The highest BCUT2D eigenvalue weighted by Crippen LogP contribution is 2.07. The van der Waals surface area contributed by atoms with Crippen molar-refractivity contribution in [2.75, 3.05) is 59.2 Å². The van der Waals surface area contributed by atoms with E-state index in [2.05, 4.69) is 9.80 Å². The van der Waals surface area contributed by atoms with Gasteiger partial charge >= 0.3 is 12.1 Å². The third kappa shape index (κ3) is 4.07. The molecule has 2 saturated heterocycles. The minimum absolute atomic E-state index is 0.168. The highest BCUT2D eigenvalue weighted by molar-refractivity contribution is 5.71. The predicted molar refractivity (Wildman–Crippen MR) is 67.6 cm³/mol. The van der Waals surface area contributed by atoms with Crippen LogP contribution in [0.2, 0.25) is 0 Å². The summed E-state index contributed by atoms with van der Waals surface area (Å²) in [5, 5.41) is 0. The molecule has 7 heteroatoms. The van der Waals surface area contributed by atoms with Crippen molar-refractivity contribution in [2.45, 2.75) is 6.92 Å². The van der Waals surface area contributed by atoms with E-state index in [1.165, 1.54) is 0 Å². The topological polar surface area (TPSA) is 62.3 Å². The van der Waals surface area contributed by atoms with Crippen LogP contribution in [0.1, 0.15) is 6.92 Å². The molecule has 2 aliphatic rings. The van der Waals surface area contributed by atoms with Gasteiger partial charge in [0.1, 0.15) is 6.61 Å². The third-order valence-electron chi connectivity index (χ3n) is 3.34. The fourth-order valence-corrected chi connectivity index (χ4v) is 2.27. The molecule has 19 heavy (non-hydrogen) atoms. The van der Waals surface area contributed by atoms with Gasteiger partial charge in [-0.1, -0.05) is 0 Å². The molecule has 0 aromatic heterocycles. The Kier molecular flexibility index (Phi) is 4.98. The quantitative estimate of drug-likeness (QED) is 0.633. The zero-order chi connectivity index (χ0) is 13.7. The molecular weight excluding hydrogens is 250 g/mol. The summed E-state index contributed by atoms with van der Waals surface area (Å²) in [6.45, 7) is 7.71. The van der Waals surface area contributed by atoms with Gasteiger partial charge in [-0.3, -0.25) is 19.5 Å². The average molecular weight is 271 g/mol. The number of rotatable bonds is 5. The zero-order valence-electron chi connectivity index (χ0n) is 11.3. The number of hydrogen-bond donors (Lipinski definition) is 0. The number of carbonyl (C=O) groups excluding carboxylic acids is 2. The molecule has 0 unspecified atom stereocenters. The molecule has 108 valence electrons. The zero-order valence-corrected chi connectivity index (χ0v) is 11.3. The summed E-state index contributed by atoms with van der Waals surface area (Å²) in [7, 11) is 0. The highest BCUT2D eigenvalue weighted by atomic mass is 16.6. The summed E-state index contributed by atoms with van der Waals surface area (Å²) in [5.74, 6) is -0.168. The largest absolute Gasteiger partial charge is 0.465 e. The number of esters is 1. The van der Waals surface area contributed by atoms with Gasteiger partial charge in [0.2, 0.25) is 0 Å². The van der Waals surface area contributed by atoms with E-state index in [-0.39, 0.29) is 12.1 Å². The van der Waals surface area contributed by atoms with Crippen LogP contribution >= 0.6 is 0 Å². The average Bonchev–Trinajstić information content (AvgIpc) is 2.78. The van der Waals surface area contributed by atoms with E-state index >= 15 is 0 Å². The Bertz CT molecular complexity index is 329. The van der Waals surface area contributed by atoms with Gasteiger partial charge < -0.3 is 9.47 Å². The summed E-state index contributed by atoms with van der Waals surface area (Å²) < 4.78 is 9.83. The van der Waals surface area contributed by atoms with E-state index in [1.807, 2.05) is 6.92 Å². The van der Waals surface area contributed by atoms with Crippen molar-refractivity contribution in [3.8, 4) is 0 Å². The molecule has 0 bridgehead atoms. The molecule has 0 aromatic carbocycles. The predicted octanol–water partition coefficient (Wildman–Crippen LogP) is -0.423. The molecule has 2 heterocycles. The van der Waals surface area contributed by atoms with Crippen molar-refractivity contribution in [2.24, 2.45) is 0 Å². The summed E-state index contributed by atoms with van der Waals surface area (Å²) in [6, 6.07) is 0. The number of nitrogens with zero attached hydrogens (tertiary/aromatic N) is 3. The van der Waals surface area contributed by atoms with Crippen LogP contribution in [0.3, 0.4) is 0 Å². The van der Waals surface area contributed by atoms with E-state index in [1.54, 1.807) is 4.90 Å². The van der Waals surface area contributed by atoms with Gasteiger partial charge in [-0.25, -0.2) is 4.79 Å². The molecule has 0 N–H and O–H groups in total. The van der Waals surface area contributed by atoms with Crippen LogP contribution in [0, 0.1) is 0 Å². The van der Waals surface area contributed by atoms with Crippen molar-refractivity contribution in [1.82, 2.24) is 14.7 Å². The standard InChI is InChI=1S/C12H21N3O4/c1-2-18-11(16)9-13-3-5-14(6-4-13)10-15-7-8-19-12(15)17/h2-10H2,1H3. The lowest BCUT2D eigenvalue weighted by molar-refractivity contribution is -0.144. The Morgan fingerprint density at radius 3 is 2.47 bits per heavy atom. The molecule has 2 aliphatic heterocycles. The maximum atomic E-state index is 11.4. The maximum absolute atomic E-state index is 11.4. The number of hydrogen-bond acceptors (Lipinski definition) is 6. The van der Waals surface area contributed by atoms with E-state index in [0.29, 0.717) is 33.0 Å². The summed E-state index contributed by atoms with van der Waals surface area (Å²) in [6.07, 6.45) is -0.228. The van der Waals surface area contributed by atoms with E-state index in [9.17, 15) is 9.59 Å². The first-order valence-electron chi connectivity index (χ1n) is 6.71. The molecule has 2 rings (SSSR count).